The molecule has 0 amide bonds. The van der Waals surface area contributed by atoms with Crippen molar-refractivity contribution in [3.8, 4) is 0 Å². The molecule has 3 aromatic carbocycles. The minimum absolute atomic E-state index is 0.178. The van der Waals surface area contributed by atoms with Crippen LogP contribution < -0.4 is 10.0 Å². The molecule has 0 bridgehead atoms. The first-order chi connectivity index (χ1) is 15.3. The molecule has 6 heteroatoms. The van der Waals surface area contributed by atoms with Crippen molar-refractivity contribution in [3.63, 3.8) is 0 Å². The van der Waals surface area contributed by atoms with Crippen molar-refractivity contribution in [1.82, 2.24) is 0 Å². The van der Waals surface area contributed by atoms with Crippen LogP contribution in [0.15, 0.2) is 77.7 Å². The number of hydrogen-bond donors (Lipinski definition) is 2. The average molecular weight is 465 g/mol. The Morgan fingerprint density at radius 3 is 2.66 bits per heavy atom. The molecular weight excluding hydrogens is 440 g/mol. The predicted octanol–water partition coefficient (Wildman–Crippen LogP) is 6.58. The molecule has 1 heterocycles. The van der Waals surface area contributed by atoms with E-state index in [1.165, 1.54) is 16.7 Å². The lowest BCUT2D eigenvalue weighted by atomic mass is 9.76. The van der Waals surface area contributed by atoms with Gasteiger partial charge >= 0.3 is 0 Å². The Morgan fingerprint density at radius 2 is 1.84 bits per heavy atom. The van der Waals surface area contributed by atoms with Crippen LogP contribution >= 0.6 is 11.6 Å². The Morgan fingerprint density at radius 1 is 1.00 bits per heavy atom. The third kappa shape index (κ3) is 3.80. The molecule has 2 aliphatic rings. The molecule has 4 nitrogen and oxygen atoms in total. The summed E-state index contributed by atoms with van der Waals surface area (Å²) in [7, 11) is -3.73. The molecule has 1 aliphatic heterocycles. The first-order valence-corrected chi connectivity index (χ1v) is 12.6. The molecule has 5 rings (SSSR count). The smallest absolute Gasteiger partial charge is 0.261 e. The number of aryl methyl sites for hydroxylation is 2. The Labute approximate surface area is 194 Å². The maximum absolute atomic E-state index is 13.1. The fourth-order valence-electron chi connectivity index (χ4n) is 4.91. The van der Waals surface area contributed by atoms with E-state index in [-0.39, 0.29) is 16.9 Å². The molecule has 0 unspecified atom stereocenters. The second kappa shape index (κ2) is 7.98. The average Bonchev–Trinajstić information content (AvgIpc) is 3.24. The molecule has 3 atom stereocenters. The van der Waals surface area contributed by atoms with E-state index in [1.807, 2.05) is 12.1 Å². The van der Waals surface area contributed by atoms with Gasteiger partial charge in [0, 0.05) is 16.6 Å². The topological polar surface area (TPSA) is 58.2 Å². The lowest BCUT2D eigenvalue weighted by molar-refractivity contribution is 0.424. The van der Waals surface area contributed by atoms with Crippen molar-refractivity contribution in [1.29, 1.82) is 0 Å². The largest absolute Gasteiger partial charge is 0.378 e. The van der Waals surface area contributed by atoms with Crippen LogP contribution in [0.25, 0.3) is 0 Å². The molecule has 0 fully saturated rings. The Balaban J connectivity index is 1.51. The molecule has 0 radical (unpaired) electrons. The zero-order chi connectivity index (χ0) is 22.5. The van der Waals surface area contributed by atoms with Gasteiger partial charge in [0.1, 0.15) is 0 Å². The van der Waals surface area contributed by atoms with Crippen LogP contribution in [0, 0.1) is 19.8 Å². The molecule has 0 spiro atoms. The number of nitrogens with one attached hydrogen (secondary N) is 2. The molecule has 3 aromatic rings. The first kappa shape index (κ1) is 21.1. The summed E-state index contributed by atoms with van der Waals surface area (Å²) >= 11 is 6.01. The summed E-state index contributed by atoms with van der Waals surface area (Å²) in [6, 6.07) is 18.9. The Kier molecular flexibility index (Phi) is 5.26. The summed E-state index contributed by atoms with van der Waals surface area (Å²) in [5.74, 6) is 0.527. The van der Waals surface area contributed by atoms with Crippen molar-refractivity contribution in [3.05, 3.63) is 100 Å². The van der Waals surface area contributed by atoms with Gasteiger partial charge in [-0.1, -0.05) is 53.6 Å². The summed E-state index contributed by atoms with van der Waals surface area (Å²) < 4.78 is 28.8. The molecule has 1 aliphatic carbocycles. The molecule has 32 heavy (non-hydrogen) atoms. The fraction of sp³-hybridized carbons (Fsp3) is 0.231. The van der Waals surface area contributed by atoms with Gasteiger partial charge in [0.15, 0.2) is 0 Å². The van der Waals surface area contributed by atoms with E-state index in [2.05, 4.69) is 54.2 Å². The number of fused-ring (bicyclic) bond motifs is 3. The fourth-order valence-corrected chi connectivity index (χ4v) is 6.18. The summed E-state index contributed by atoms with van der Waals surface area (Å²) in [6.07, 6.45) is 5.41. The van der Waals surface area contributed by atoms with Gasteiger partial charge < -0.3 is 5.32 Å². The van der Waals surface area contributed by atoms with E-state index < -0.39 is 10.0 Å². The molecule has 0 saturated carbocycles. The highest BCUT2D eigenvalue weighted by molar-refractivity contribution is 7.92. The highest BCUT2D eigenvalue weighted by Gasteiger charge is 2.39. The van der Waals surface area contributed by atoms with Gasteiger partial charge in [0.2, 0.25) is 0 Å². The number of rotatable bonds is 4. The number of hydrogen-bond acceptors (Lipinski definition) is 3. The first-order valence-electron chi connectivity index (χ1n) is 10.7. The van der Waals surface area contributed by atoms with Crippen LogP contribution in [-0.2, 0) is 10.0 Å². The van der Waals surface area contributed by atoms with Crippen molar-refractivity contribution >= 4 is 33.0 Å². The van der Waals surface area contributed by atoms with Crippen LogP contribution in [-0.4, -0.2) is 8.42 Å². The van der Waals surface area contributed by atoms with Gasteiger partial charge in [-0.15, -0.1) is 0 Å². The normalized spacial score (nSPS) is 21.5. The highest BCUT2D eigenvalue weighted by Crippen LogP contribution is 2.50. The van der Waals surface area contributed by atoms with Crippen LogP contribution in [0.2, 0.25) is 5.02 Å². The Bertz CT molecular complexity index is 1330. The van der Waals surface area contributed by atoms with Gasteiger partial charge in [-0.25, -0.2) is 8.42 Å². The number of anilines is 2. The van der Waals surface area contributed by atoms with Gasteiger partial charge in [-0.3, -0.25) is 4.72 Å². The van der Waals surface area contributed by atoms with Crippen LogP contribution in [0.5, 0.6) is 0 Å². The van der Waals surface area contributed by atoms with Crippen LogP contribution in [0.3, 0.4) is 0 Å². The van der Waals surface area contributed by atoms with Crippen molar-refractivity contribution < 1.29 is 8.42 Å². The standard InChI is InChI=1S/C26H25ClN2O2S/c1-16-9-10-17(2)23(13-16)26-22-8-4-7-21(22)24-15-20(11-12-25(24)28-26)32(30,31)29-19-6-3-5-18(27)14-19/h3-7,9-15,21-22,26,28-29H,8H2,1-2H3/t21-,22+,26-/m0/s1. The molecule has 0 aromatic heterocycles. The zero-order valence-electron chi connectivity index (χ0n) is 18.0. The van der Waals surface area contributed by atoms with E-state index in [4.69, 9.17) is 11.6 Å². The van der Waals surface area contributed by atoms with Crippen LogP contribution in [0.4, 0.5) is 11.4 Å². The minimum Gasteiger partial charge on any atom is -0.378 e. The molecule has 164 valence electrons. The van der Waals surface area contributed by atoms with E-state index in [0.717, 1.165) is 17.7 Å². The van der Waals surface area contributed by atoms with Gasteiger partial charge in [-0.05, 0) is 79.3 Å². The molecular formula is C26H25ClN2O2S. The second-order valence-electron chi connectivity index (χ2n) is 8.70. The van der Waals surface area contributed by atoms with E-state index in [1.54, 1.807) is 30.3 Å². The van der Waals surface area contributed by atoms with Crippen molar-refractivity contribution in [2.45, 2.75) is 37.1 Å². The summed E-state index contributed by atoms with van der Waals surface area (Å²) in [4.78, 5) is 0.252. The van der Waals surface area contributed by atoms with Crippen molar-refractivity contribution in [2.75, 3.05) is 10.0 Å². The maximum Gasteiger partial charge on any atom is 0.261 e. The lowest BCUT2D eigenvalue weighted by Gasteiger charge is -2.38. The van der Waals surface area contributed by atoms with Gasteiger partial charge in [0.25, 0.3) is 10.0 Å². The number of allylic oxidation sites excluding steroid dienone is 2. The highest BCUT2D eigenvalue weighted by atomic mass is 35.5. The summed E-state index contributed by atoms with van der Waals surface area (Å²) in [5.41, 5.74) is 6.29. The number of halogens is 1. The van der Waals surface area contributed by atoms with E-state index in [0.29, 0.717) is 16.6 Å². The van der Waals surface area contributed by atoms with Crippen LogP contribution in [0.1, 0.15) is 40.6 Å². The van der Waals surface area contributed by atoms with Crippen molar-refractivity contribution in [2.24, 2.45) is 5.92 Å². The summed E-state index contributed by atoms with van der Waals surface area (Å²) in [6.45, 7) is 4.27. The quantitative estimate of drug-likeness (QED) is 0.428. The van der Waals surface area contributed by atoms with Gasteiger partial charge in [-0.2, -0.15) is 0 Å². The molecule has 0 saturated heterocycles. The predicted molar refractivity (Wildman–Crippen MR) is 131 cm³/mol. The minimum atomic E-state index is -3.73. The third-order valence-corrected chi connectivity index (χ3v) is 8.11. The zero-order valence-corrected chi connectivity index (χ0v) is 19.5. The number of benzene rings is 3. The SMILES string of the molecule is Cc1ccc(C)c([C@H]2Nc3ccc(S(=O)(=O)Nc4cccc(Cl)c4)cc3[C@H]3C=CC[C@H]32)c1. The lowest BCUT2D eigenvalue weighted by Crippen LogP contribution is -2.30. The van der Waals surface area contributed by atoms with E-state index in [9.17, 15) is 8.42 Å². The van der Waals surface area contributed by atoms with Gasteiger partial charge in [0.05, 0.1) is 16.6 Å². The Hall–Kier alpha value is -2.76. The molecule has 2 N–H and O–H groups in total. The summed E-state index contributed by atoms with van der Waals surface area (Å²) in [5, 5.41) is 4.20. The maximum atomic E-state index is 13.1. The number of sulfonamides is 1. The third-order valence-electron chi connectivity index (χ3n) is 6.49. The second-order valence-corrected chi connectivity index (χ2v) is 10.8. The van der Waals surface area contributed by atoms with E-state index >= 15 is 0 Å². The monoisotopic (exact) mass is 464 g/mol.